The second-order valence-electron chi connectivity index (χ2n) is 9.69. The second kappa shape index (κ2) is 8.42. The van der Waals surface area contributed by atoms with E-state index >= 15 is 0 Å². The van der Waals surface area contributed by atoms with Crippen LogP contribution in [-0.4, -0.2) is 56.1 Å². The van der Waals surface area contributed by atoms with Gasteiger partial charge in [-0.1, -0.05) is 0 Å². The van der Waals surface area contributed by atoms with Crippen LogP contribution in [0.5, 0.6) is 0 Å². The van der Waals surface area contributed by atoms with Gasteiger partial charge in [0.25, 0.3) is 5.91 Å². The lowest BCUT2D eigenvalue weighted by atomic mass is 9.48. The van der Waals surface area contributed by atoms with E-state index in [9.17, 15) is 10.1 Å². The summed E-state index contributed by atoms with van der Waals surface area (Å²) in [6, 6.07) is 2.40. The van der Waals surface area contributed by atoms with Crippen LogP contribution in [0, 0.1) is 34.5 Å². The highest BCUT2D eigenvalue weighted by Crippen LogP contribution is 2.61. The van der Waals surface area contributed by atoms with E-state index in [-0.39, 0.29) is 11.5 Å². The van der Waals surface area contributed by atoms with Crippen LogP contribution in [0.15, 0.2) is 11.8 Å². The Morgan fingerprint density at radius 2 is 1.82 bits per heavy atom. The molecule has 28 heavy (non-hydrogen) atoms. The number of piperazine rings is 1. The van der Waals surface area contributed by atoms with Crippen molar-refractivity contribution < 1.29 is 4.79 Å². The minimum Gasteiger partial charge on any atom is -0.387 e. The Balaban J connectivity index is 1.28. The van der Waals surface area contributed by atoms with Gasteiger partial charge in [0.15, 0.2) is 0 Å². The SMILES string of the molecule is CC(N/C=C(/C#N)C(=O)NCCN1CCNCC1)C12CC3CC(CC(C3)C1)C2. The Morgan fingerprint density at radius 3 is 2.39 bits per heavy atom. The first-order valence-electron chi connectivity index (χ1n) is 11.2. The summed E-state index contributed by atoms with van der Waals surface area (Å²) in [6.07, 6.45) is 9.92. The van der Waals surface area contributed by atoms with Crippen molar-refractivity contribution in [2.75, 3.05) is 39.3 Å². The van der Waals surface area contributed by atoms with Crippen LogP contribution in [0.3, 0.4) is 0 Å². The summed E-state index contributed by atoms with van der Waals surface area (Å²) in [5, 5.41) is 19.1. The third-order valence-electron chi connectivity index (χ3n) is 7.77. The second-order valence-corrected chi connectivity index (χ2v) is 9.69. The third-order valence-corrected chi connectivity index (χ3v) is 7.77. The summed E-state index contributed by atoms with van der Waals surface area (Å²) >= 11 is 0. The lowest BCUT2D eigenvalue weighted by molar-refractivity contribution is -0.117. The van der Waals surface area contributed by atoms with Crippen molar-refractivity contribution in [3.63, 3.8) is 0 Å². The van der Waals surface area contributed by atoms with Crippen LogP contribution >= 0.6 is 0 Å². The normalized spacial score (nSPS) is 36.0. The standard InChI is InChI=1S/C22H35N5O/c1-16(22-11-17-8-18(12-22)10-19(9-17)13-22)26-15-20(14-23)21(28)25-4-7-27-5-2-24-3-6-27/h15-19,24,26H,2-13H2,1H3,(H,25,28)/b20-15-. The maximum absolute atomic E-state index is 12.4. The van der Waals surface area contributed by atoms with E-state index in [1.165, 1.54) is 38.5 Å². The molecule has 3 N–H and O–H groups in total. The molecule has 1 atom stereocenters. The van der Waals surface area contributed by atoms with Gasteiger partial charge >= 0.3 is 0 Å². The molecule has 4 bridgehead atoms. The molecular weight excluding hydrogens is 350 g/mol. The van der Waals surface area contributed by atoms with Crippen LogP contribution in [0.25, 0.3) is 0 Å². The molecule has 4 aliphatic carbocycles. The summed E-state index contributed by atoms with van der Waals surface area (Å²) in [7, 11) is 0. The molecule has 1 heterocycles. The van der Waals surface area contributed by atoms with E-state index in [1.807, 2.05) is 0 Å². The van der Waals surface area contributed by atoms with Crippen molar-refractivity contribution in [2.24, 2.45) is 23.2 Å². The Morgan fingerprint density at radius 1 is 1.21 bits per heavy atom. The molecule has 1 aliphatic heterocycles. The number of nitrogens with zero attached hydrogens (tertiary/aromatic N) is 2. The van der Waals surface area contributed by atoms with E-state index in [0.717, 1.165) is 50.5 Å². The van der Waals surface area contributed by atoms with E-state index in [1.54, 1.807) is 6.20 Å². The maximum Gasteiger partial charge on any atom is 0.263 e. The highest BCUT2D eigenvalue weighted by molar-refractivity contribution is 5.97. The molecule has 0 aromatic heterocycles. The van der Waals surface area contributed by atoms with Crippen LogP contribution in [0.1, 0.15) is 45.4 Å². The quantitative estimate of drug-likeness (QED) is 0.458. The number of amides is 1. The molecule has 6 heteroatoms. The molecule has 154 valence electrons. The van der Waals surface area contributed by atoms with Crippen molar-refractivity contribution in [3.8, 4) is 6.07 Å². The summed E-state index contributed by atoms with van der Waals surface area (Å²) in [5.41, 5.74) is 0.557. The topological polar surface area (TPSA) is 80.2 Å². The van der Waals surface area contributed by atoms with Crippen molar-refractivity contribution in [1.82, 2.24) is 20.9 Å². The number of hydrogen-bond donors (Lipinski definition) is 3. The first-order valence-corrected chi connectivity index (χ1v) is 11.2. The molecule has 1 saturated heterocycles. The number of hydrogen-bond acceptors (Lipinski definition) is 5. The number of carbonyl (C=O) groups is 1. The van der Waals surface area contributed by atoms with Gasteiger partial charge in [0.2, 0.25) is 0 Å². The largest absolute Gasteiger partial charge is 0.387 e. The molecule has 1 amide bonds. The molecule has 6 nitrogen and oxygen atoms in total. The molecule has 0 aromatic rings. The zero-order valence-corrected chi connectivity index (χ0v) is 17.2. The van der Waals surface area contributed by atoms with Crippen LogP contribution in [0.4, 0.5) is 0 Å². The smallest absolute Gasteiger partial charge is 0.263 e. The van der Waals surface area contributed by atoms with Gasteiger partial charge in [0.05, 0.1) is 0 Å². The number of nitrogens with one attached hydrogen (secondary N) is 3. The first kappa shape index (κ1) is 19.7. The van der Waals surface area contributed by atoms with Gasteiger partial charge < -0.3 is 16.0 Å². The summed E-state index contributed by atoms with van der Waals surface area (Å²) in [4.78, 5) is 14.7. The zero-order valence-electron chi connectivity index (χ0n) is 17.2. The van der Waals surface area contributed by atoms with Gasteiger partial charge in [-0.25, -0.2) is 0 Å². The van der Waals surface area contributed by atoms with E-state index < -0.39 is 0 Å². The van der Waals surface area contributed by atoms with Gasteiger partial charge in [-0.2, -0.15) is 5.26 Å². The zero-order chi connectivity index (χ0) is 19.6. The van der Waals surface area contributed by atoms with Gasteiger partial charge in [-0.15, -0.1) is 0 Å². The molecule has 0 spiro atoms. The Labute approximate surface area is 169 Å². The predicted octanol–water partition coefficient (Wildman–Crippen LogP) is 1.61. The van der Waals surface area contributed by atoms with E-state index in [0.29, 0.717) is 18.0 Å². The molecule has 1 unspecified atom stereocenters. The average Bonchev–Trinajstić information content (AvgIpc) is 2.68. The fraction of sp³-hybridized carbons (Fsp3) is 0.818. The van der Waals surface area contributed by atoms with Crippen molar-refractivity contribution in [2.45, 2.75) is 51.5 Å². The monoisotopic (exact) mass is 385 g/mol. The lowest BCUT2D eigenvalue weighted by Gasteiger charge is -2.59. The van der Waals surface area contributed by atoms with E-state index in [4.69, 9.17) is 0 Å². The Bertz CT molecular complexity index is 611. The van der Waals surface area contributed by atoms with Crippen molar-refractivity contribution >= 4 is 5.91 Å². The van der Waals surface area contributed by atoms with Crippen molar-refractivity contribution in [1.29, 1.82) is 5.26 Å². The van der Waals surface area contributed by atoms with Crippen LogP contribution in [0.2, 0.25) is 0 Å². The summed E-state index contributed by atoms with van der Waals surface area (Å²) in [6.45, 7) is 7.71. The highest BCUT2D eigenvalue weighted by atomic mass is 16.1. The predicted molar refractivity (Wildman–Crippen MR) is 109 cm³/mol. The summed E-state index contributed by atoms with van der Waals surface area (Å²) < 4.78 is 0. The third kappa shape index (κ3) is 4.21. The highest BCUT2D eigenvalue weighted by Gasteiger charge is 2.53. The fourth-order valence-corrected chi connectivity index (χ4v) is 6.60. The number of nitriles is 1. The maximum atomic E-state index is 12.4. The van der Waals surface area contributed by atoms with Gasteiger partial charge in [-0.05, 0) is 68.6 Å². The summed E-state index contributed by atoms with van der Waals surface area (Å²) in [5.74, 6) is 2.46. The average molecular weight is 386 g/mol. The van der Waals surface area contributed by atoms with Crippen LogP contribution < -0.4 is 16.0 Å². The number of carbonyl (C=O) groups excluding carboxylic acids is 1. The van der Waals surface area contributed by atoms with Gasteiger partial charge in [-0.3, -0.25) is 9.69 Å². The molecular formula is C22H35N5O. The number of rotatable bonds is 7. The van der Waals surface area contributed by atoms with E-state index in [2.05, 4.69) is 33.8 Å². The molecule has 0 radical (unpaired) electrons. The molecule has 5 rings (SSSR count). The Kier molecular flexibility index (Phi) is 5.93. The van der Waals surface area contributed by atoms with Gasteiger partial charge in [0, 0.05) is 51.5 Å². The molecule has 4 saturated carbocycles. The van der Waals surface area contributed by atoms with Crippen molar-refractivity contribution in [3.05, 3.63) is 11.8 Å². The van der Waals surface area contributed by atoms with Crippen LogP contribution in [-0.2, 0) is 4.79 Å². The van der Waals surface area contributed by atoms with Gasteiger partial charge in [0.1, 0.15) is 11.6 Å². The fourth-order valence-electron chi connectivity index (χ4n) is 6.60. The minimum absolute atomic E-state index is 0.192. The lowest BCUT2D eigenvalue weighted by Crippen LogP contribution is -2.54. The Hall–Kier alpha value is -1.58. The minimum atomic E-state index is -0.261. The molecule has 5 fully saturated rings. The molecule has 0 aromatic carbocycles. The molecule has 5 aliphatic rings. The first-order chi connectivity index (χ1) is 13.6.